The molecule has 1 atom stereocenters. The Morgan fingerprint density at radius 1 is 1.19 bits per heavy atom. The molecular weight excluding hydrogens is 264 g/mol. The predicted molar refractivity (Wildman–Crippen MR) is 82.1 cm³/mol. The summed E-state index contributed by atoms with van der Waals surface area (Å²) in [5.41, 5.74) is 1.80. The second-order valence-electron chi connectivity index (χ2n) is 6.39. The predicted octanol–water partition coefficient (Wildman–Crippen LogP) is 2.57. The van der Waals surface area contributed by atoms with Crippen molar-refractivity contribution in [1.82, 2.24) is 15.5 Å². The molecule has 2 N–H and O–H groups in total. The van der Waals surface area contributed by atoms with Gasteiger partial charge in [0, 0.05) is 12.0 Å². The summed E-state index contributed by atoms with van der Waals surface area (Å²) in [6.45, 7) is 6.01. The fourth-order valence-electron chi connectivity index (χ4n) is 3.14. The molecule has 1 fully saturated rings. The van der Waals surface area contributed by atoms with Gasteiger partial charge in [0.25, 0.3) is 0 Å². The molecule has 0 saturated heterocycles. The lowest BCUT2D eigenvalue weighted by Gasteiger charge is -2.21. The van der Waals surface area contributed by atoms with Crippen molar-refractivity contribution in [3.63, 3.8) is 0 Å². The standard InChI is InChI=1S/C16H22N4O/c1-15(2)10-16(15,12-7-5-4-6-8-12)11-18-14-20-19-13(21-14)9-17-3/h4-8,17H,9-11H2,1-3H3,(H,18,20). The molecule has 0 bridgehead atoms. The molecule has 0 radical (unpaired) electrons. The summed E-state index contributed by atoms with van der Waals surface area (Å²) in [4.78, 5) is 0. The van der Waals surface area contributed by atoms with Crippen molar-refractivity contribution in [1.29, 1.82) is 0 Å². The summed E-state index contributed by atoms with van der Waals surface area (Å²) in [5, 5.41) is 14.3. The van der Waals surface area contributed by atoms with Crippen LogP contribution in [0.25, 0.3) is 0 Å². The number of rotatable bonds is 6. The van der Waals surface area contributed by atoms with Gasteiger partial charge in [-0.05, 0) is 24.4 Å². The van der Waals surface area contributed by atoms with E-state index in [1.807, 2.05) is 7.05 Å². The van der Waals surface area contributed by atoms with Crippen molar-refractivity contribution < 1.29 is 4.42 Å². The summed E-state index contributed by atoms with van der Waals surface area (Å²) in [6, 6.07) is 11.2. The SMILES string of the molecule is CNCc1nnc(NCC2(c3ccccc3)CC2(C)C)o1. The quantitative estimate of drug-likeness (QED) is 0.854. The molecule has 1 heterocycles. The number of nitrogens with one attached hydrogen (secondary N) is 2. The van der Waals surface area contributed by atoms with Crippen molar-refractivity contribution in [3.05, 3.63) is 41.8 Å². The van der Waals surface area contributed by atoms with Crippen LogP contribution in [0, 0.1) is 5.41 Å². The lowest BCUT2D eigenvalue weighted by molar-refractivity contribution is 0.475. The fourth-order valence-corrected chi connectivity index (χ4v) is 3.14. The van der Waals surface area contributed by atoms with E-state index in [4.69, 9.17) is 4.42 Å². The normalized spacial score (nSPS) is 23.0. The third kappa shape index (κ3) is 2.53. The molecule has 5 nitrogen and oxygen atoms in total. The topological polar surface area (TPSA) is 63.0 Å². The van der Waals surface area contributed by atoms with Gasteiger partial charge in [0.1, 0.15) is 0 Å². The summed E-state index contributed by atoms with van der Waals surface area (Å²) in [6.07, 6.45) is 1.16. The number of aromatic nitrogens is 2. The molecule has 0 aliphatic heterocycles. The largest absolute Gasteiger partial charge is 0.407 e. The van der Waals surface area contributed by atoms with Gasteiger partial charge < -0.3 is 15.1 Å². The van der Waals surface area contributed by atoms with E-state index >= 15 is 0 Å². The second-order valence-corrected chi connectivity index (χ2v) is 6.39. The third-order valence-corrected chi connectivity index (χ3v) is 4.58. The average molecular weight is 286 g/mol. The number of nitrogens with zero attached hydrogens (tertiary/aromatic N) is 2. The summed E-state index contributed by atoms with van der Waals surface area (Å²) >= 11 is 0. The maximum Gasteiger partial charge on any atom is 0.315 e. The van der Waals surface area contributed by atoms with Crippen LogP contribution in [0.5, 0.6) is 0 Å². The fraction of sp³-hybridized carbons (Fsp3) is 0.500. The summed E-state index contributed by atoms with van der Waals surface area (Å²) in [5.74, 6) is 0.601. The zero-order chi connectivity index (χ0) is 14.9. The minimum atomic E-state index is 0.145. The molecule has 112 valence electrons. The zero-order valence-electron chi connectivity index (χ0n) is 12.8. The van der Waals surface area contributed by atoms with Crippen LogP contribution in [0.3, 0.4) is 0 Å². The van der Waals surface area contributed by atoms with Gasteiger partial charge in [-0.15, -0.1) is 5.10 Å². The van der Waals surface area contributed by atoms with Crippen LogP contribution < -0.4 is 10.6 Å². The molecule has 1 unspecified atom stereocenters. The molecule has 1 aromatic carbocycles. The molecular formula is C16H22N4O. The van der Waals surface area contributed by atoms with E-state index in [0.29, 0.717) is 18.5 Å². The van der Waals surface area contributed by atoms with Crippen molar-refractivity contribution in [2.75, 3.05) is 18.9 Å². The van der Waals surface area contributed by atoms with Crippen molar-refractivity contribution >= 4 is 6.01 Å². The zero-order valence-corrected chi connectivity index (χ0v) is 12.8. The van der Waals surface area contributed by atoms with Gasteiger partial charge in [-0.1, -0.05) is 49.3 Å². The van der Waals surface area contributed by atoms with Crippen molar-refractivity contribution in [3.8, 4) is 0 Å². The summed E-state index contributed by atoms with van der Waals surface area (Å²) < 4.78 is 5.56. The van der Waals surface area contributed by atoms with Crippen LogP contribution in [-0.4, -0.2) is 23.8 Å². The van der Waals surface area contributed by atoms with Crippen LogP contribution in [-0.2, 0) is 12.0 Å². The van der Waals surface area contributed by atoms with E-state index in [-0.39, 0.29) is 10.8 Å². The van der Waals surface area contributed by atoms with Gasteiger partial charge in [0.05, 0.1) is 6.54 Å². The lowest BCUT2D eigenvalue weighted by atomic mass is 9.88. The average Bonchev–Trinajstić information content (AvgIpc) is 2.83. The molecule has 21 heavy (non-hydrogen) atoms. The molecule has 1 saturated carbocycles. The Morgan fingerprint density at radius 2 is 1.90 bits per heavy atom. The van der Waals surface area contributed by atoms with Crippen LogP contribution in [0.2, 0.25) is 0 Å². The minimum Gasteiger partial charge on any atom is -0.407 e. The van der Waals surface area contributed by atoms with Crippen LogP contribution in [0.15, 0.2) is 34.7 Å². The first-order valence-corrected chi connectivity index (χ1v) is 7.34. The van der Waals surface area contributed by atoms with E-state index in [0.717, 1.165) is 13.0 Å². The van der Waals surface area contributed by atoms with Crippen LogP contribution >= 0.6 is 0 Å². The maximum absolute atomic E-state index is 5.56. The highest BCUT2D eigenvalue weighted by Crippen LogP contribution is 2.64. The Balaban J connectivity index is 1.72. The first-order chi connectivity index (χ1) is 10.1. The smallest absolute Gasteiger partial charge is 0.315 e. The van der Waals surface area contributed by atoms with Gasteiger partial charge in [0.2, 0.25) is 5.89 Å². The first-order valence-electron chi connectivity index (χ1n) is 7.34. The first kappa shape index (κ1) is 14.1. The lowest BCUT2D eigenvalue weighted by Crippen LogP contribution is -2.25. The van der Waals surface area contributed by atoms with E-state index < -0.39 is 0 Å². The molecule has 0 amide bonds. The van der Waals surface area contributed by atoms with Crippen molar-refractivity contribution in [2.24, 2.45) is 5.41 Å². The molecule has 5 heteroatoms. The van der Waals surface area contributed by atoms with Crippen molar-refractivity contribution in [2.45, 2.75) is 32.2 Å². The van der Waals surface area contributed by atoms with E-state index in [9.17, 15) is 0 Å². The number of benzene rings is 1. The highest BCUT2D eigenvalue weighted by molar-refractivity contribution is 5.40. The maximum atomic E-state index is 5.56. The Morgan fingerprint density at radius 3 is 2.52 bits per heavy atom. The summed E-state index contributed by atoms with van der Waals surface area (Å²) in [7, 11) is 1.86. The van der Waals surface area contributed by atoms with Gasteiger partial charge in [-0.2, -0.15) is 0 Å². The molecule has 3 rings (SSSR count). The third-order valence-electron chi connectivity index (χ3n) is 4.58. The Hall–Kier alpha value is -1.88. The van der Waals surface area contributed by atoms with E-state index in [1.54, 1.807) is 0 Å². The highest BCUT2D eigenvalue weighted by Gasteiger charge is 2.61. The Kier molecular flexibility index (Phi) is 3.45. The minimum absolute atomic E-state index is 0.145. The molecule has 1 aliphatic rings. The van der Waals surface area contributed by atoms with E-state index in [1.165, 1.54) is 5.56 Å². The second kappa shape index (κ2) is 5.15. The molecule has 1 aliphatic carbocycles. The van der Waals surface area contributed by atoms with E-state index in [2.05, 4.69) is 65.0 Å². The molecule has 1 aromatic heterocycles. The monoisotopic (exact) mass is 286 g/mol. The highest BCUT2D eigenvalue weighted by atomic mass is 16.4. The number of hydrogen-bond acceptors (Lipinski definition) is 5. The van der Waals surface area contributed by atoms with Gasteiger partial charge in [-0.3, -0.25) is 0 Å². The molecule has 0 spiro atoms. The molecule has 2 aromatic rings. The number of hydrogen-bond donors (Lipinski definition) is 2. The van der Waals surface area contributed by atoms with Crippen LogP contribution in [0.4, 0.5) is 6.01 Å². The Labute approximate surface area is 125 Å². The van der Waals surface area contributed by atoms with Gasteiger partial charge in [-0.25, -0.2) is 0 Å². The van der Waals surface area contributed by atoms with Gasteiger partial charge in [0.15, 0.2) is 0 Å². The van der Waals surface area contributed by atoms with Crippen LogP contribution in [0.1, 0.15) is 31.7 Å². The number of anilines is 1. The Bertz CT molecular complexity index is 608. The van der Waals surface area contributed by atoms with Gasteiger partial charge >= 0.3 is 6.01 Å².